The van der Waals surface area contributed by atoms with Gasteiger partial charge in [0.15, 0.2) is 0 Å². The number of aromatic nitrogens is 3. The molecular formula is C15H13FN4. The molecule has 0 saturated heterocycles. The molecule has 2 heterocycles. The van der Waals surface area contributed by atoms with Gasteiger partial charge >= 0.3 is 0 Å². The summed E-state index contributed by atoms with van der Waals surface area (Å²) in [6, 6.07) is 10.9. The molecule has 0 amide bonds. The van der Waals surface area contributed by atoms with Crippen LogP contribution in [0, 0.1) is 5.95 Å². The summed E-state index contributed by atoms with van der Waals surface area (Å²) in [5, 5.41) is 4.26. The van der Waals surface area contributed by atoms with E-state index in [2.05, 4.69) is 10.1 Å². The highest BCUT2D eigenvalue weighted by Crippen LogP contribution is 2.23. The Morgan fingerprint density at radius 1 is 1.20 bits per heavy atom. The molecule has 3 rings (SSSR count). The van der Waals surface area contributed by atoms with E-state index in [1.807, 2.05) is 30.5 Å². The smallest absolute Gasteiger partial charge is 0.214 e. The number of hydrogen-bond donors (Lipinski definition) is 1. The van der Waals surface area contributed by atoms with Gasteiger partial charge in [0.05, 0.1) is 11.9 Å². The molecule has 2 aromatic heterocycles. The van der Waals surface area contributed by atoms with Crippen LogP contribution in [0.25, 0.3) is 16.8 Å². The maximum Gasteiger partial charge on any atom is 0.214 e. The molecule has 0 bridgehead atoms. The maximum atomic E-state index is 13.1. The third-order valence-electron chi connectivity index (χ3n) is 3.11. The van der Waals surface area contributed by atoms with Crippen LogP contribution in [0.1, 0.15) is 5.56 Å². The highest BCUT2D eigenvalue weighted by molar-refractivity contribution is 5.66. The number of hydrogen-bond acceptors (Lipinski definition) is 3. The van der Waals surface area contributed by atoms with E-state index in [0.717, 1.165) is 16.7 Å². The minimum Gasteiger partial charge on any atom is -0.326 e. The molecule has 0 atom stereocenters. The second-order valence-electron chi connectivity index (χ2n) is 4.37. The van der Waals surface area contributed by atoms with Crippen LogP contribution in [0.4, 0.5) is 4.39 Å². The molecule has 0 radical (unpaired) electrons. The first-order valence-electron chi connectivity index (χ1n) is 6.23. The molecule has 0 aliphatic heterocycles. The lowest BCUT2D eigenvalue weighted by molar-refractivity contribution is 0.581. The second-order valence-corrected chi connectivity index (χ2v) is 4.37. The Balaban J connectivity index is 2.02. The first-order chi connectivity index (χ1) is 9.78. The third-order valence-corrected chi connectivity index (χ3v) is 3.11. The van der Waals surface area contributed by atoms with Gasteiger partial charge in [-0.3, -0.25) is 0 Å². The Hall–Kier alpha value is -2.53. The third kappa shape index (κ3) is 2.31. The van der Waals surface area contributed by atoms with Crippen molar-refractivity contribution in [1.82, 2.24) is 14.8 Å². The summed E-state index contributed by atoms with van der Waals surface area (Å²) in [5.41, 5.74) is 9.41. The van der Waals surface area contributed by atoms with E-state index in [-0.39, 0.29) is 0 Å². The van der Waals surface area contributed by atoms with Crippen molar-refractivity contribution in [3.63, 3.8) is 0 Å². The van der Waals surface area contributed by atoms with Gasteiger partial charge in [0.1, 0.15) is 0 Å². The number of nitrogens with zero attached hydrogens (tertiary/aromatic N) is 3. The van der Waals surface area contributed by atoms with Gasteiger partial charge in [-0.1, -0.05) is 24.3 Å². The Bertz CT molecular complexity index is 736. The fraction of sp³-hybridized carbons (Fsp3) is 0.0667. The SMILES string of the molecule is NCc1ccccc1-c1cnn(-c2ccnc(F)c2)c1. The fourth-order valence-corrected chi connectivity index (χ4v) is 2.12. The molecule has 2 N–H and O–H groups in total. The highest BCUT2D eigenvalue weighted by atomic mass is 19.1. The Kier molecular flexibility index (Phi) is 3.26. The number of rotatable bonds is 3. The average Bonchev–Trinajstić information content (AvgIpc) is 2.97. The van der Waals surface area contributed by atoms with Crippen molar-refractivity contribution in [2.45, 2.75) is 6.54 Å². The van der Waals surface area contributed by atoms with E-state index in [0.29, 0.717) is 12.2 Å². The van der Waals surface area contributed by atoms with Crippen molar-refractivity contribution in [3.05, 3.63) is 66.5 Å². The highest BCUT2D eigenvalue weighted by Gasteiger charge is 2.07. The summed E-state index contributed by atoms with van der Waals surface area (Å²) in [5.74, 6) is -0.526. The first-order valence-corrected chi connectivity index (χ1v) is 6.23. The van der Waals surface area contributed by atoms with E-state index >= 15 is 0 Å². The van der Waals surface area contributed by atoms with E-state index in [4.69, 9.17) is 5.73 Å². The van der Waals surface area contributed by atoms with Crippen LogP contribution < -0.4 is 5.73 Å². The monoisotopic (exact) mass is 268 g/mol. The van der Waals surface area contributed by atoms with Crippen LogP contribution >= 0.6 is 0 Å². The second kappa shape index (κ2) is 5.22. The molecule has 3 aromatic rings. The number of halogens is 1. The Labute approximate surface area is 115 Å². The summed E-state index contributed by atoms with van der Waals surface area (Å²) in [6.07, 6.45) is 5.01. The summed E-state index contributed by atoms with van der Waals surface area (Å²) >= 11 is 0. The zero-order valence-electron chi connectivity index (χ0n) is 10.7. The summed E-state index contributed by atoms with van der Waals surface area (Å²) < 4.78 is 14.8. The molecule has 0 aliphatic rings. The van der Waals surface area contributed by atoms with Crippen LogP contribution in [0.3, 0.4) is 0 Å². The number of pyridine rings is 1. The summed E-state index contributed by atoms with van der Waals surface area (Å²) in [6.45, 7) is 0.464. The van der Waals surface area contributed by atoms with Crippen molar-refractivity contribution in [3.8, 4) is 16.8 Å². The predicted molar refractivity (Wildman–Crippen MR) is 74.6 cm³/mol. The van der Waals surface area contributed by atoms with E-state index in [1.54, 1.807) is 16.9 Å². The number of benzene rings is 1. The van der Waals surface area contributed by atoms with Crippen LogP contribution in [0.5, 0.6) is 0 Å². The largest absolute Gasteiger partial charge is 0.326 e. The van der Waals surface area contributed by atoms with Gasteiger partial charge in [0.25, 0.3) is 0 Å². The standard InChI is InChI=1S/C15H13FN4/c16-15-7-13(5-6-18-15)20-10-12(9-19-20)14-4-2-1-3-11(14)8-17/h1-7,9-10H,8,17H2. The van der Waals surface area contributed by atoms with Gasteiger partial charge in [-0.05, 0) is 17.2 Å². The lowest BCUT2D eigenvalue weighted by Gasteiger charge is -2.04. The molecule has 0 aliphatic carbocycles. The maximum absolute atomic E-state index is 13.1. The van der Waals surface area contributed by atoms with Gasteiger partial charge in [0, 0.05) is 30.6 Å². The predicted octanol–water partition coefficient (Wildman–Crippen LogP) is 2.53. The fourth-order valence-electron chi connectivity index (χ4n) is 2.12. The Morgan fingerprint density at radius 3 is 2.85 bits per heavy atom. The summed E-state index contributed by atoms with van der Waals surface area (Å²) in [7, 11) is 0. The average molecular weight is 268 g/mol. The molecule has 1 aromatic carbocycles. The zero-order chi connectivity index (χ0) is 13.9. The minimum absolute atomic E-state index is 0.464. The van der Waals surface area contributed by atoms with E-state index in [9.17, 15) is 4.39 Å². The topological polar surface area (TPSA) is 56.7 Å². The Morgan fingerprint density at radius 2 is 2.05 bits per heavy atom. The van der Waals surface area contributed by atoms with Gasteiger partial charge in [-0.15, -0.1) is 0 Å². The van der Waals surface area contributed by atoms with Crippen LogP contribution in [0.15, 0.2) is 55.0 Å². The number of nitrogens with two attached hydrogens (primary N) is 1. The van der Waals surface area contributed by atoms with E-state index in [1.165, 1.54) is 12.3 Å². The minimum atomic E-state index is -0.526. The van der Waals surface area contributed by atoms with Gasteiger partial charge < -0.3 is 5.73 Å². The molecule has 20 heavy (non-hydrogen) atoms. The molecule has 0 fully saturated rings. The lowest BCUT2D eigenvalue weighted by atomic mass is 10.0. The van der Waals surface area contributed by atoms with Crippen molar-refractivity contribution in [2.75, 3.05) is 0 Å². The van der Waals surface area contributed by atoms with Crippen molar-refractivity contribution in [2.24, 2.45) is 5.73 Å². The molecule has 0 unspecified atom stereocenters. The quantitative estimate of drug-likeness (QED) is 0.743. The van der Waals surface area contributed by atoms with Crippen molar-refractivity contribution in [1.29, 1.82) is 0 Å². The zero-order valence-corrected chi connectivity index (χ0v) is 10.7. The van der Waals surface area contributed by atoms with E-state index < -0.39 is 5.95 Å². The van der Waals surface area contributed by atoms with Crippen molar-refractivity contribution < 1.29 is 4.39 Å². The van der Waals surface area contributed by atoms with Crippen LogP contribution in [-0.2, 0) is 6.54 Å². The molecule has 0 spiro atoms. The molecular weight excluding hydrogens is 255 g/mol. The lowest BCUT2D eigenvalue weighted by Crippen LogP contribution is -1.98. The van der Waals surface area contributed by atoms with Crippen molar-refractivity contribution >= 4 is 0 Å². The molecule has 100 valence electrons. The van der Waals surface area contributed by atoms with Crippen LogP contribution in [0.2, 0.25) is 0 Å². The van der Waals surface area contributed by atoms with Gasteiger partial charge in [0.2, 0.25) is 5.95 Å². The molecule has 4 nitrogen and oxygen atoms in total. The van der Waals surface area contributed by atoms with Gasteiger partial charge in [-0.25, -0.2) is 9.67 Å². The first kappa shape index (κ1) is 12.5. The summed E-state index contributed by atoms with van der Waals surface area (Å²) in [4.78, 5) is 3.53. The van der Waals surface area contributed by atoms with Crippen LogP contribution in [-0.4, -0.2) is 14.8 Å². The van der Waals surface area contributed by atoms with Gasteiger partial charge in [-0.2, -0.15) is 9.49 Å². The molecule has 5 heteroatoms. The molecule has 0 saturated carbocycles. The normalized spacial score (nSPS) is 10.7.